The number of halogens is 2. The van der Waals surface area contributed by atoms with Crippen LogP contribution in [-0.2, 0) is 12.8 Å². The molecule has 0 bridgehead atoms. The third-order valence-electron chi connectivity index (χ3n) is 4.19. The molecule has 0 saturated carbocycles. The highest BCUT2D eigenvalue weighted by molar-refractivity contribution is 5.85. The maximum atomic E-state index is 5.65. The first kappa shape index (κ1) is 16.6. The fraction of sp³-hybridized carbons (Fsp3) is 0.769. The summed E-state index contributed by atoms with van der Waals surface area (Å²) in [5.41, 5.74) is 6.76. The standard InChI is InChI=1S/C13H21N3O.2ClH/c1-2-5-16-6-3-4-9-7-10-12(8-11(9)16)17-13(14)15-10;;/h9,11H,2-8H2,1H3,(H2,14,15);2*1H/t9-,11-;;/m1../s1. The van der Waals surface area contributed by atoms with Gasteiger partial charge in [-0.1, -0.05) is 6.92 Å². The Balaban J connectivity index is 0.000000902. The normalized spacial score (nSPS) is 25.7. The number of hydrogen-bond donors (Lipinski definition) is 1. The molecule has 0 unspecified atom stereocenters. The Labute approximate surface area is 126 Å². The molecule has 2 N–H and O–H groups in total. The van der Waals surface area contributed by atoms with Gasteiger partial charge in [0.1, 0.15) is 5.76 Å². The number of oxazole rings is 1. The molecule has 6 heteroatoms. The van der Waals surface area contributed by atoms with E-state index in [-0.39, 0.29) is 24.8 Å². The van der Waals surface area contributed by atoms with Crippen molar-refractivity contribution in [1.82, 2.24) is 9.88 Å². The molecule has 2 heterocycles. The predicted octanol–water partition coefficient (Wildman–Crippen LogP) is 2.69. The minimum absolute atomic E-state index is 0. The third kappa shape index (κ3) is 3.18. The highest BCUT2D eigenvalue weighted by Crippen LogP contribution is 2.35. The zero-order valence-corrected chi connectivity index (χ0v) is 12.9. The average Bonchev–Trinajstić information content (AvgIpc) is 2.66. The van der Waals surface area contributed by atoms with Crippen molar-refractivity contribution in [3.05, 3.63) is 11.5 Å². The zero-order chi connectivity index (χ0) is 11.8. The van der Waals surface area contributed by atoms with Crippen molar-refractivity contribution in [2.45, 2.75) is 45.1 Å². The molecule has 19 heavy (non-hydrogen) atoms. The van der Waals surface area contributed by atoms with E-state index in [0.29, 0.717) is 12.1 Å². The van der Waals surface area contributed by atoms with Crippen molar-refractivity contribution in [2.24, 2.45) is 5.92 Å². The molecule has 1 saturated heterocycles. The molecule has 1 aliphatic heterocycles. The van der Waals surface area contributed by atoms with E-state index < -0.39 is 0 Å². The van der Waals surface area contributed by atoms with Crippen molar-refractivity contribution in [3.63, 3.8) is 0 Å². The quantitative estimate of drug-likeness (QED) is 0.912. The van der Waals surface area contributed by atoms with Crippen molar-refractivity contribution >= 4 is 30.8 Å². The van der Waals surface area contributed by atoms with Gasteiger partial charge in [0.15, 0.2) is 0 Å². The van der Waals surface area contributed by atoms with E-state index in [1.165, 1.54) is 32.4 Å². The van der Waals surface area contributed by atoms with Gasteiger partial charge in [-0.25, -0.2) is 0 Å². The third-order valence-corrected chi connectivity index (χ3v) is 4.19. The second-order valence-electron chi connectivity index (χ2n) is 5.34. The largest absolute Gasteiger partial charge is 0.429 e. The maximum Gasteiger partial charge on any atom is 0.292 e. The van der Waals surface area contributed by atoms with Crippen LogP contribution in [0.3, 0.4) is 0 Å². The number of hydrogen-bond acceptors (Lipinski definition) is 4. The van der Waals surface area contributed by atoms with Crippen molar-refractivity contribution in [2.75, 3.05) is 18.8 Å². The molecule has 4 nitrogen and oxygen atoms in total. The zero-order valence-electron chi connectivity index (χ0n) is 11.3. The highest BCUT2D eigenvalue weighted by Gasteiger charge is 2.37. The van der Waals surface area contributed by atoms with Crippen LogP contribution in [0.25, 0.3) is 0 Å². The molecule has 0 radical (unpaired) electrons. The van der Waals surface area contributed by atoms with Crippen molar-refractivity contribution < 1.29 is 4.42 Å². The summed E-state index contributed by atoms with van der Waals surface area (Å²) in [4.78, 5) is 6.94. The number of rotatable bonds is 2. The van der Waals surface area contributed by atoms with Crippen LogP contribution in [0.5, 0.6) is 0 Å². The fourth-order valence-corrected chi connectivity index (χ4v) is 3.47. The van der Waals surface area contributed by atoms with Gasteiger partial charge in [0.2, 0.25) is 0 Å². The fourth-order valence-electron chi connectivity index (χ4n) is 3.47. The molecular weight excluding hydrogens is 285 g/mol. The lowest BCUT2D eigenvalue weighted by Crippen LogP contribution is -2.49. The lowest BCUT2D eigenvalue weighted by molar-refractivity contribution is 0.0800. The monoisotopic (exact) mass is 307 g/mol. The van der Waals surface area contributed by atoms with Gasteiger partial charge in [-0.15, -0.1) is 24.8 Å². The lowest BCUT2D eigenvalue weighted by atomic mass is 9.79. The minimum atomic E-state index is 0. The van der Waals surface area contributed by atoms with Gasteiger partial charge in [0.25, 0.3) is 6.01 Å². The predicted molar refractivity (Wildman–Crippen MR) is 81.2 cm³/mol. The van der Waals surface area contributed by atoms with Crippen LogP contribution in [0.1, 0.15) is 37.6 Å². The van der Waals surface area contributed by atoms with E-state index in [1.54, 1.807) is 0 Å². The molecule has 1 aromatic heterocycles. The summed E-state index contributed by atoms with van der Waals surface area (Å²) in [7, 11) is 0. The Morgan fingerprint density at radius 1 is 1.37 bits per heavy atom. The number of nitrogens with zero attached hydrogens (tertiary/aromatic N) is 2. The van der Waals surface area contributed by atoms with Gasteiger partial charge in [0.05, 0.1) is 5.69 Å². The second kappa shape index (κ2) is 6.82. The van der Waals surface area contributed by atoms with Crippen LogP contribution in [0, 0.1) is 5.92 Å². The lowest BCUT2D eigenvalue weighted by Gasteiger charge is -2.43. The van der Waals surface area contributed by atoms with E-state index in [1.807, 2.05) is 0 Å². The summed E-state index contributed by atoms with van der Waals surface area (Å²) in [6.07, 6.45) is 5.95. The van der Waals surface area contributed by atoms with Crippen molar-refractivity contribution in [3.8, 4) is 0 Å². The van der Waals surface area contributed by atoms with E-state index in [9.17, 15) is 0 Å². The first-order valence-electron chi connectivity index (χ1n) is 6.76. The van der Waals surface area contributed by atoms with Crippen LogP contribution in [-0.4, -0.2) is 29.0 Å². The second-order valence-corrected chi connectivity index (χ2v) is 5.34. The molecule has 0 spiro atoms. The van der Waals surface area contributed by atoms with Gasteiger partial charge in [-0.2, -0.15) is 4.98 Å². The summed E-state index contributed by atoms with van der Waals surface area (Å²) in [5.74, 6) is 1.79. The number of nitrogens with two attached hydrogens (primary N) is 1. The Kier molecular flexibility index (Phi) is 5.96. The summed E-state index contributed by atoms with van der Waals surface area (Å²) < 4.78 is 5.52. The number of nitrogen functional groups attached to an aromatic ring is 1. The summed E-state index contributed by atoms with van der Waals surface area (Å²) in [6.45, 7) is 4.71. The highest BCUT2D eigenvalue weighted by atomic mass is 35.5. The molecule has 0 aromatic carbocycles. The van der Waals surface area contributed by atoms with E-state index in [4.69, 9.17) is 10.2 Å². The van der Waals surface area contributed by atoms with Gasteiger partial charge in [0, 0.05) is 12.5 Å². The maximum absolute atomic E-state index is 5.65. The summed E-state index contributed by atoms with van der Waals surface area (Å²) in [5, 5.41) is 0. The smallest absolute Gasteiger partial charge is 0.292 e. The molecule has 2 atom stereocenters. The molecule has 3 rings (SSSR count). The number of anilines is 1. The number of fused-ring (bicyclic) bond motifs is 2. The van der Waals surface area contributed by atoms with Crippen LogP contribution < -0.4 is 5.73 Å². The number of likely N-dealkylation sites (tertiary alicyclic amines) is 1. The van der Waals surface area contributed by atoms with Gasteiger partial charge in [-0.05, 0) is 44.7 Å². The summed E-state index contributed by atoms with van der Waals surface area (Å²) >= 11 is 0. The van der Waals surface area contributed by atoms with Gasteiger partial charge < -0.3 is 10.2 Å². The minimum Gasteiger partial charge on any atom is -0.429 e. The molecule has 110 valence electrons. The topological polar surface area (TPSA) is 55.3 Å². The van der Waals surface area contributed by atoms with E-state index in [0.717, 1.165) is 30.2 Å². The first-order valence-corrected chi connectivity index (χ1v) is 6.76. The molecule has 1 aromatic rings. The van der Waals surface area contributed by atoms with E-state index in [2.05, 4.69) is 16.8 Å². The molecular formula is C13H23Cl2N3O. The molecule has 2 aliphatic rings. The summed E-state index contributed by atoms with van der Waals surface area (Å²) in [6, 6.07) is 0.999. The van der Waals surface area contributed by atoms with Crippen molar-refractivity contribution in [1.29, 1.82) is 0 Å². The Morgan fingerprint density at radius 2 is 2.16 bits per heavy atom. The Hall–Kier alpha value is -0.450. The number of aromatic nitrogens is 1. The molecule has 1 aliphatic carbocycles. The molecule has 1 fully saturated rings. The number of piperidine rings is 1. The Bertz CT molecular complexity index is 409. The van der Waals surface area contributed by atoms with Crippen LogP contribution in [0.2, 0.25) is 0 Å². The average molecular weight is 308 g/mol. The van der Waals surface area contributed by atoms with Gasteiger partial charge in [-0.3, -0.25) is 4.90 Å². The van der Waals surface area contributed by atoms with Gasteiger partial charge >= 0.3 is 0 Å². The van der Waals surface area contributed by atoms with Crippen LogP contribution in [0.15, 0.2) is 4.42 Å². The first-order chi connectivity index (χ1) is 8.28. The SMILES string of the molecule is CCCN1CCC[C@@H]2Cc3nc(N)oc3C[C@H]21.Cl.Cl. The Morgan fingerprint density at radius 3 is 2.89 bits per heavy atom. The van der Waals surface area contributed by atoms with E-state index >= 15 is 0 Å². The van der Waals surface area contributed by atoms with Crippen LogP contribution >= 0.6 is 24.8 Å². The molecule has 0 amide bonds. The van der Waals surface area contributed by atoms with Crippen LogP contribution in [0.4, 0.5) is 6.01 Å².